The van der Waals surface area contributed by atoms with Gasteiger partial charge in [0.2, 0.25) is 0 Å². The third-order valence-electron chi connectivity index (χ3n) is 3.65. The summed E-state index contributed by atoms with van der Waals surface area (Å²) >= 11 is 6.24. The standard InChI is InChI=1S/C17H18ClN7O2/c1-3-20-15(26)13-7-10(11-5-6-19-9-12(11)18)8-14-22-16(24-25(13)14)23-17(27)21-4-2/h5-9H,3-4H2,1-2H3,(H,20,26)(H2,21,23,24,27). The second-order valence-electron chi connectivity index (χ2n) is 5.53. The number of nitrogens with zero attached hydrogens (tertiary/aromatic N) is 4. The van der Waals surface area contributed by atoms with Gasteiger partial charge >= 0.3 is 6.03 Å². The number of pyridine rings is 2. The number of carbonyl (C=O) groups excluding carboxylic acids is 2. The lowest BCUT2D eigenvalue weighted by Crippen LogP contribution is -2.28. The molecule has 0 bridgehead atoms. The van der Waals surface area contributed by atoms with E-state index in [1.165, 1.54) is 10.7 Å². The van der Waals surface area contributed by atoms with Gasteiger partial charge in [-0.05, 0) is 37.6 Å². The molecule has 0 radical (unpaired) electrons. The maximum atomic E-state index is 12.5. The molecule has 0 saturated carbocycles. The zero-order valence-electron chi connectivity index (χ0n) is 14.8. The van der Waals surface area contributed by atoms with Crippen molar-refractivity contribution in [1.82, 2.24) is 30.2 Å². The molecule has 0 aliphatic heterocycles. The molecular weight excluding hydrogens is 370 g/mol. The number of hydrogen-bond acceptors (Lipinski definition) is 5. The number of carbonyl (C=O) groups is 2. The summed E-state index contributed by atoms with van der Waals surface area (Å²) in [6.45, 7) is 4.55. The van der Waals surface area contributed by atoms with Gasteiger partial charge in [-0.25, -0.2) is 9.31 Å². The number of halogens is 1. The van der Waals surface area contributed by atoms with Crippen LogP contribution in [0.25, 0.3) is 16.8 Å². The van der Waals surface area contributed by atoms with Crippen molar-refractivity contribution in [3.05, 3.63) is 41.3 Å². The highest BCUT2D eigenvalue weighted by Crippen LogP contribution is 2.28. The highest BCUT2D eigenvalue weighted by Gasteiger charge is 2.17. The van der Waals surface area contributed by atoms with Gasteiger partial charge in [-0.1, -0.05) is 11.6 Å². The second-order valence-corrected chi connectivity index (χ2v) is 5.94. The lowest BCUT2D eigenvalue weighted by molar-refractivity contribution is 0.0948. The molecule has 0 spiro atoms. The Morgan fingerprint density at radius 2 is 1.96 bits per heavy atom. The smallest absolute Gasteiger partial charge is 0.321 e. The van der Waals surface area contributed by atoms with Crippen LogP contribution in [0.3, 0.4) is 0 Å². The van der Waals surface area contributed by atoms with Crippen molar-refractivity contribution in [2.75, 3.05) is 18.4 Å². The van der Waals surface area contributed by atoms with Crippen molar-refractivity contribution in [3.8, 4) is 11.1 Å². The summed E-state index contributed by atoms with van der Waals surface area (Å²) < 4.78 is 1.38. The maximum absolute atomic E-state index is 12.5. The quantitative estimate of drug-likeness (QED) is 0.621. The predicted octanol–water partition coefficient (Wildman–Crippen LogP) is 2.34. The molecule has 140 valence electrons. The van der Waals surface area contributed by atoms with E-state index in [1.807, 2.05) is 6.92 Å². The second kappa shape index (κ2) is 8.00. The van der Waals surface area contributed by atoms with Crippen LogP contribution in [0.4, 0.5) is 10.7 Å². The molecule has 10 heteroatoms. The van der Waals surface area contributed by atoms with Gasteiger partial charge in [0.15, 0.2) is 5.65 Å². The van der Waals surface area contributed by atoms with E-state index in [9.17, 15) is 9.59 Å². The van der Waals surface area contributed by atoms with Gasteiger partial charge < -0.3 is 10.6 Å². The first-order valence-electron chi connectivity index (χ1n) is 8.37. The van der Waals surface area contributed by atoms with Crippen LogP contribution in [0.5, 0.6) is 0 Å². The van der Waals surface area contributed by atoms with Crippen LogP contribution in [0.1, 0.15) is 24.3 Å². The largest absolute Gasteiger partial charge is 0.351 e. The molecule has 0 saturated heterocycles. The summed E-state index contributed by atoms with van der Waals surface area (Å²) in [5.74, 6) is -0.228. The average molecular weight is 388 g/mol. The molecule has 0 atom stereocenters. The van der Waals surface area contributed by atoms with Crippen LogP contribution in [0, 0.1) is 0 Å². The number of anilines is 1. The molecule has 3 aromatic rings. The first-order chi connectivity index (χ1) is 13.0. The Labute approximate surface area is 160 Å². The zero-order valence-corrected chi connectivity index (χ0v) is 15.5. The monoisotopic (exact) mass is 387 g/mol. The SMILES string of the molecule is CCNC(=O)Nc1nc2cc(-c3ccncc3Cl)cc(C(=O)NCC)n2n1. The summed E-state index contributed by atoms with van der Waals surface area (Å²) in [4.78, 5) is 32.5. The van der Waals surface area contributed by atoms with Gasteiger partial charge in [-0.2, -0.15) is 4.98 Å². The van der Waals surface area contributed by atoms with Crippen molar-refractivity contribution >= 4 is 35.1 Å². The van der Waals surface area contributed by atoms with E-state index in [2.05, 4.69) is 31.0 Å². The van der Waals surface area contributed by atoms with E-state index in [1.54, 1.807) is 31.3 Å². The van der Waals surface area contributed by atoms with E-state index in [-0.39, 0.29) is 17.5 Å². The molecule has 3 amide bonds. The Balaban J connectivity index is 2.12. The molecule has 3 aromatic heterocycles. The lowest BCUT2D eigenvalue weighted by Gasteiger charge is -2.09. The van der Waals surface area contributed by atoms with Crippen LogP contribution in [0.15, 0.2) is 30.6 Å². The topological polar surface area (TPSA) is 113 Å². The van der Waals surface area contributed by atoms with Crippen molar-refractivity contribution in [2.24, 2.45) is 0 Å². The van der Waals surface area contributed by atoms with Gasteiger partial charge in [-0.3, -0.25) is 15.1 Å². The maximum Gasteiger partial charge on any atom is 0.321 e. The number of amides is 3. The molecule has 27 heavy (non-hydrogen) atoms. The van der Waals surface area contributed by atoms with E-state index in [4.69, 9.17) is 11.6 Å². The molecule has 0 unspecified atom stereocenters. The summed E-state index contributed by atoms with van der Waals surface area (Å²) in [5, 5.41) is 12.6. The van der Waals surface area contributed by atoms with Crippen LogP contribution < -0.4 is 16.0 Å². The Kier molecular flexibility index (Phi) is 5.51. The molecule has 3 N–H and O–H groups in total. The van der Waals surface area contributed by atoms with Gasteiger partial charge in [0.1, 0.15) is 5.69 Å². The molecule has 3 heterocycles. The van der Waals surface area contributed by atoms with Crippen LogP contribution in [0.2, 0.25) is 5.02 Å². The third-order valence-corrected chi connectivity index (χ3v) is 3.95. The predicted molar refractivity (Wildman–Crippen MR) is 102 cm³/mol. The van der Waals surface area contributed by atoms with Crippen LogP contribution in [-0.2, 0) is 0 Å². The molecule has 0 aromatic carbocycles. The number of fused-ring (bicyclic) bond motifs is 1. The normalized spacial score (nSPS) is 10.6. The Bertz CT molecular complexity index is 1000. The van der Waals surface area contributed by atoms with Crippen molar-refractivity contribution in [2.45, 2.75) is 13.8 Å². The summed E-state index contributed by atoms with van der Waals surface area (Å²) in [6.07, 6.45) is 3.14. The Morgan fingerprint density at radius 3 is 2.67 bits per heavy atom. The van der Waals surface area contributed by atoms with Crippen LogP contribution in [-0.4, -0.2) is 44.6 Å². The minimum atomic E-state index is -0.426. The third kappa shape index (κ3) is 3.98. The first kappa shape index (κ1) is 18.6. The number of rotatable bonds is 5. The Hall–Kier alpha value is -3.20. The highest BCUT2D eigenvalue weighted by molar-refractivity contribution is 6.33. The fraction of sp³-hybridized carbons (Fsp3) is 0.235. The molecule has 0 aliphatic rings. The average Bonchev–Trinajstić information content (AvgIpc) is 3.03. The van der Waals surface area contributed by atoms with E-state index in [0.29, 0.717) is 34.9 Å². The number of hydrogen-bond donors (Lipinski definition) is 3. The fourth-order valence-electron chi connectivity index (χ4n) is 2.52. The van der Waals surface area contributed by atoms with Gasteiger partial charge in [0.05, 0.1) is 5.02 Å². The molecule has 0 aliphatic carbocycles. The molecule has 3 rings (SSSR count). The van der Waals surface area contributed by atoms with E-state index >= 15 is 0 Å². The molecule has 0 fully saturated rings. The molecular formula is C17H18ClN7O2. The number of nitrogens with one attached hydrogen (secondary N) is 3. The van der Waals surface area contributed by atoms with Gasteiger partial charge in [0, 0.05) is 31.0 Å². The number of urea groups is 1. The van der Waals surface area contributed by atoms with E-state index in [0.717, 1.165) is 0 Å². The first-order valence-corrected chi connectivity index (χ1v) is 8.75. The van der Waals surface area contributed by atoms with Crippen molar-refractivity contribution in [1.29, 1.82) is 0 Å². The zero-order chi connectivity index (χ0) is 19.4. The van der Waals surface area contributed by atoms with Crippen LogP contribution >= 0.6 is 11.6 Å². The van der Waals surface area contributed by atoms with Crippen molar-refractivity contribution in [3.63, 3.8) is 0 Å². The highest BCUT2D eigenvalue weighted by atomic mass is 35.5. The van der Waals surface area contributed by atoms with Gasteiger partial charge in [0.25, 0.3) is 11.9 Å². The minimum Gasteiger partial charge on any atom is -0.351 e. The minimum absolute atomic E-state index is 0.0875. The van der Waals surface area contributed by atoms with E-state index < -0.39 is 6.03 Å². The number of aromatic nitrogens is 4. The summed E-state index contributed by atoms with van der Waals surface area (Å²) in [6, 6.07) is 4.73. The molecule has 9 nitrogen and oxygen atoms in total. The summed E-state index contributed by atoms with van der Waals surface area (Å²) in [5.41, 5.74) is 2.07. The summed E-state index contributed by atoms with van der Waals surface area (Å²) in [7, 11) is 0. The fourth-order valence-corrected chi connectivity index (χ4v) is 2.75. The Morgan fingerprint density at radius 1 is 1.19 bits per heavy atom. The lowest BCUT2D eigenvalue weighted by atomic mass is 10.1. The van der Waals surface area contributed by atoms with Crippen molar-refractivity contribution < 1.29 is 9.59 Å². The van der Waals surface area contributed by atoms with Gasteiger partial charge in [-0.15, -0.1) is 5.10 Å².